The number of hydrogen-bond acceptors (Lipinski definition) is 4. The summed E-state index contributed by atoms with van der Waals surface area (Å²) in [5.74, 6) is 0.120. The molecule has 1 aliphatic rings. The molecular weight excluding hydrogens is 330 g/mol. The number of para-hydroxylation sites is 1. The molecule has 1 aliphatic heterocycles. The third kappa shape index (κ3) is 5.38. The Morgan fingerprint density at radius 3 is 2.31 bits per heavy atom. The van der Waals surface area contributed by atoms with E-state index in [2.05, 4.69) is 38.2 Å². The van der Waals surface area contributed by atoms with Gasteiger partial charge in [0.25, 0.3) is 0 Å². The van der Waals surface area contributed by atoms with Crippen molar-refractivity contribution in [3.05, 3.63) is 29.8 Å². The minimum absolute atomic E-state index is 0.0526. The van der Waals surface area contributed by atoms with Crippen LogP contribution < -0.4 is 5.32 Å². The molecule has 0 radical (unpaired) electrons. The third-order valence-electron chi connectivity index (χ3n) is 4.55. The highest BCUT2D eigenvalue weighted by Gasteiger charge is 2.24. The maximum atomic E-state index is 12.4. The van der Waals surface area contributed by atoms with Gasteiger partial charge in [-0.2, -0.15) is 0 Å². The molecule has 0 saturated carbocycles. The van der Waals surface area contributed by atoms with Crippen molar-refractivity contribution >= 4 is 17.7 Å². The van der Waals surface area contributed by atoms with Crippen LogP contribution in [0.5, 0.6) is 0 Å². The molecule has 0 atom stereocenters. The Kier molecular flexibility index (Phi) is 6.89. The van der Waals surface area contributed by atoms with Crippen LogP contribution in [0.4, 0.5) is 10.5 Å². The highest BCUT2D eigenvalue weighted by Crippen LogP contribution is 2.29. The summed E-state index contributed by atoms with van der Waals surface area (Å²) in [5.41, 5.74) is 2.38. The fourth-order valence-electron chi connectivity index (χ4n) is 3.11. The third-order valence-corrected chi connectivity index (χ3v) is 4.55. The number of carbonyl (C=O) groups is 2. The van der Waals surface area contributed by atoms with Gasteiger partial charge < -0.3 is 19.9 Å². The topological polar surface area (TPSA) is 61.9 Å². The molecule has 1 aromatic carbocycles. The second kappa shape index (κ2) is 8.92. The van der Waals surface area contributed by atoms with Gasteiger partial charge in [-0.05, 0) is 24.0 Å². The first-order chi connectivity index (χ1) is 12.3. The van der Waals surface area contributed by atoms with Crippen LogP contribution in [0.3, 0.4) is 0 Å². The van der Waals surface area contributed by atoms with Crippen LogP contribution in [-0.4, -0.2) is 61.1 Å². The van der Waals surface area contributed by atoms with E-state index in [1.54, 1.807) is 11.8 Å². The van der Waals surface area contributed by atoms with Crippen molar-refractivity contribution in [1.29, 1.82) is 0 Å². The number of carbonyl (C=O) groups excluding carboxylic acids is 2. The van der Waals surface area contributed by atoms with Crippen LogP contribution in [0.2, 0.25) is 0 Å². The minimum Gasteiger partial charge on any atom is -0.450 e. The second-order valence-electron chi connectivity index (χ2n) is 7.54. The molecule has 0 unspecified atom stereocenters. The Balaban J connectivity index is 1.79. The van der Waals surface area contributed by atoms with E-state index in [4.69, 9.17) is 4.74 Å². The van der Waals surface area contributed by atoms with Crippen LogP contribution >= 0.6 is 0 Å². The Morgan fingerprint density at radius 1 is 1.08 bits per heavy atom. The molecule has 2 amide bonds. The molecule has 26 heavy (non-hydrogen) atoms. The average molecular weight is 361 g/mol. The Hall–Kier alpha value is -2.24. The summed E-state index contributed by atoms with van der Waals surface area (Å²) >= 11 is 0. The van der Waals surface area contributed by atoms with Gasteiger partial charge in [0.2, 0.25) is 5.91 Å². The van der Waals surface area contributed by atoms with Crippen LogP contribution in [0, 0.1) is 0 Å². The summed E-state index contributed by atoms with van der Waals surface area (Å²) in [6.45, 7) is 11.5. The smallest absolute Gasteiger partial charge is 0.409 e. The van der Waals surface area contributed by atoms with Crippen molar-refractivity contribution in [1.82, 2.24) is 9.80 Å². The maximum absolute atomic E-state index is 12.4. The standard InChI is InChI=1S/C20H31N3O3/c1-5-26-19(25)23-14-12-22(13-15-23)18(24)10-11-21-17-9-7-6-8-16(17)20(2,3)4/h6-9,21H,5,10-15H2,1-4H3. The number of amides is 2. The summed E-state index contributed by atoms with van der Waals surface area (Å²) < 4.78 is 5.00. The van der Waals surface area contributed by atoms with Crippen molar-refractivity contribution in [3.8, 4) is 0 Å². The van der Waals surface area contributed by atoms with Gasteiger partial charge in [0.05, 0.1) is 6.61 Å². The largest absolute Gasteiger partial charge is 0.450 e. The Morgan fingerprint density at radius 2 is 1.69 bits per heavy atom. The number of anilines is 1. The SMILES string of the molecule is CCOC(=O)N1CCN(C(=O)CCNc2ccccc2C(C)(C)C)CC1. The average Bonchev–Trinajstić information content (AvgIpc) is 2.61. The molecule has 0 aromatic heterocycles. The lowest BCUT2D eigenvalue weighted by Crippen LogP contribution is -2.50. The van der Waals surface area contributed by atoms with E-state index in [1.807, 2.05) is 17.0 Å². The minimum atomic E-state index is -0.292. The summed E-state index contributed by atoms with van der Waals surface area (Å²) in [5, 5.41) is 3.40. The summed E-state index contributed by atoms with van der Waals surface area (Å²) in [7, 11) is 0. The predicted octanol–water partition coefficient (Wildman–Crippen LogP) is 3.09. The zero-order valence-electron chi connectivity index (χ0n) is 16.4. The van der Waals surface area contributed by atoms with Crippen LogP contribution in [-0.2, 0) is 14.9 Å². The number of rotatable bonds is 5. The van der Waals surface area contributed by atoms with Gasteiger partial charge in [0.15, 0.2) is 0 Å². The monoisotopic (exact) mass is 361 g/mol. The molecule has 1 aromatic rings. The van der Waals surface area contributed by atoms with Crippen molar-refractivity contribution < 1.29 is 14.3 Å². The molecule has 1 N–H and O–H groups in total. The second-order valence-corrected chi connectivity index (χ2v) is 7.54. The molecule has 6 nitrogen and oxygen atoms in total. The molecule has 0 aliphatic carbocycles. The molecule has 1 fully saturated rings. The fourth-order valence-corrected chi connectivity index (χ4v) is 3.11. The number of nitrogens with zero attached hydrogens (tertiary/aromatic N) is 2. The van der Waals surface area contributed by atoms with Gasteiger partial charge in [-0.25, -0.2) is 4.79 Å². The zero-order chi connectivity index (χ0) is 19.2. The van der Waals surface area contributed by atoms with E-state index in [0.717, 1.165) is 5.69 Å². The molecule has 6 heteroatoms. The zero-order valence-corrected chi connectivity index (χ0v) is 16.4. The van der Waals surface area contributed by atoms with Gasteiger partial charge in [-0.15, -0.1) is 0 Å². The number of hydrogen-bond donors (Lipinski definition) is 1. The molecule has 0 spiro atoms. The molecular formula is C20H31N3O3. The van der Waals surface area contributed by atoms with Gasteiger partial charge in [0.1, 0.15) is 0 Å². The van der Waals surface area contributed by atoms with E-state index < -0.39 is 0 Å². The van der Waals surface area contributed by atoms with E-state index in [0.29, 0.717) is 45.8 Å². The molecule has 144 valence electrons. The van der Waals surface area contributed by atoms with Gasteiger partial charge in [0, 0.05) is 44.8 Å². The van der Waals surface area contributed by atoms with Crippen molar-refractivity contribution in [2.45, 2.75) is 39.5 Å². The number of piperazine rings is 1. The number of ether oxygens (including phenoxy) is 1. The van der Waals surface area contributed by atoms with Crippen LogP contribution in [0.15, 0.2) is 24.3 Å². The molecule has 0 bridgehead atoms. The maximum Gasteiger partial charge on any atom is 0.409 e. The van der Waals surface area contributed by atoms with Crippen LogP contribution in [0.25, 0.3) is 0 Å². The summed E-state index contributed by atoms with van der Waals surface area (Å²) in [6.07, 6.45) is 0.151. The van der Waals surface area contributed by atoms with Gasteiger partial charge in [-0.3, -0.25) is 4.79 Å². The predicted molar refractivity (Wildman–Crippen MR) is 103 cm³/mol. The quantitative estimate of drug-likeness (QED) is 0.875. The fraction of sp³-hybridized carbons (Fsp3) is 0.600. The van der Waals surface area contributed by atoms with E-state index in [-0.39, 0.29) is 17.4 Å². The number of nitrogens with one attached hydrogen (secondary N) is 1. The van der Waals surface area contributed by atoms with Crippen molar-refractivity contribution in [2.75, 3.05) is 44.6 Å². The van der Waals surface area contributed by atoms with Gasteiger partial charge >= 0.3 is 6.09 Å². The lowest BCUT2D eigenvalue weighted by molar-refractivity contribution is -0.132. The van der Waals surface area contributed by atoms with Crippen molar-refractivity contribution in [2.24, 2.45) is 0 Å². The lowest BCUT2D eigenvalue weighted by atomic mass is 9.86. The Bertz CT molecular complexity index is 617. The van der Waals surface area contributed by atoms with Crippen LogP contribution in [0.1, 0.15) is 39.7 Å². The number of benzene rings is 1. The first-order valence-corrected chi connectivity index (χ1v) is 9.35. The van der Waals surface area contributed by atoms with E-state index >= 15 is 0 Å². The highest BCUT2D eigenvalue weighted by atomic mass is 16.6. The highest BCUT2D eigenvalue weighted by molar-refractivity contribution is 5.77. The van der Waals surface area contributed by atoms with E-state index in [9.17, 15) is 9.59 Å². The molecule has 2 rings (SSSR count). The first kappa shape index (κ1) is 20.1. The van der Waals surface area contributed by atoms with Crippen molar-refractivity contribution in [3.63, 3.8) is 0 Å². The normalized spacial score (nSPS) is 14.9. The summed E-state index contributed by atoms with van der Waals surface area (Å²) in [4.78, 5) is 27.6. The molecule has 1 heterocycles. The van der Waals surface area contributed by atoms with Gasteiger partial charge in [-0.1, -0.05) is 39.0 Å². The Labute approximate surface area is 156 Å². The van der Waals surface area contributed by atoms with E-state index in [1.165, 1.54) is 5.56 Å². The lowest BCUT2D eigenvalue weighted by Gasteiger charge is -2.34. The summed E-state index contributed by atoms with van der Waals surface area (Å²) in [6, 6.07) is 8.23. The first-order valence-electron chi connectivity index (χ1n) is 9.35. The molecule has 1 saturated heterocycles.